The van der Waals surface area contributed by atoms with Crippen molar-refractivity contribution >= 4 is 17.8 Å². The van der Waals surface area contributed by atoms with E-state index in [1.54, 1.807) is 0 Å². The number of hydrogen-bond donors (Lipinski definition) is 0. The van der Waals surface area contributed by atoms with Crippen molar-refractivity contribution in [1.82, 2.24) is 4.57 Å². The highest BCUT2D eigenvalue weighted by Crippen LogP contribution is 2.47. The summed E-state index contributed by atoms with van der Waals surface area (Å²) >= 11 is 6.12. The van der Waals surface area contributed by atoms with Crippen LogP contribution in [0.3, 0.4) is 0 Å². The Hall–Kier alpha value is -2.72. The van der Waals surface area contributed by atoms with Gasteiger partial charge in [-0.1, -0.05) is 54.1 Å². The number of halogens is 1. The van der Waals surface area contributed by atoms with E-state index in [1.807, 2.05) is 75.4 Å². The van der Waals surface area contributed by atoms with Crippen LogP contribution in [-0.2, 0) is 17.7 Å². The quantitative estimate of drug-likeness (QED) is 0.450. The first-order valence-corrected chi connectivity index (χ1v) is 10.2. The molecule has 1 aliphatic rings. The van der Waals surface area contributed by atoms with E-state index < -0.39 is 11.8 Å². The third-order valence-corrected chi connectivity index (χ3v) is 5.14. The summed E-state index contributed by atoms with van der Waals surface area (Å²) < 4.78 is 13.4. The van der Waals surface area contributed by atoms with Crippen LogP contribution in [0.2, 0.25) is 5.02 Å². The van der Waals surface area contributed by atoms with Gasteiger partial charge in [-0.2, -0.15) is 0 Å². The standard InChI is InChI=1S/C24H24ClNO3/c1-24(2,3)29-23(27)28-22-21(16-8-5-4-6-9-16)20(19-10-7-15-26(19)22)17-11-13-18(25)14-12-17/h4-6,8-9,11-14H,7,10,15H2,1-3H3. The number of benzene rings is 2. The number of nitrogens with zero attached hydrogens (tertiary/aromatic N) is 1. The van der Waals surface area contributed by atoms with Crippen LogP contribution in [0.15, 0.2) is 54.6 Å². The molecule has 0 saturated heterocycles. The maximum Gasteiger partial charge on any atom is 0.515 e. The van der Waals surface area contributed by atoms with Crippen molar-refractivity contribution in [3.05, 3.63) is 65.3 Å². The zero-order chi connectivity index (χ0) is 20.6. The molecule has 0 amide bonds. The van der Waals surface area contributed by atoms with Crippen molar-refractivity contribution in [2.75, 3.05) is 0 Å². The van der Waals surface area contributed by atoms with Crippen molar-refractivity contribution in [2.45, 2.75) is 45.8 Å². The third-order valence-electron chi connectivity index (χ3n) is 4.88. The van der Waals surface area contributed by atoms with Gasteiger partial charge in [0.05, 0.1) is 5.56 Å². The van der Waals surface area contributed by atoms with E-state index in [-0.39, 0.29) is 0 Å². The molecule has 0 aliphatic carbocycles. The van der Waals surface area contributed by atoms with Gasteiger partial charge in [-0.15, -0.1) is 0 Å². The molecule has 29 heavy (non-hydrogen) atoms. The molecular weight excluding hydrogens is 386 g/mol. The fourth-order valence-electron chi connectivity index (χ4n) is 3.80. The molecule has 1 aliphatic heterocycles. The highest BCUT2D eigenvalue weighted by Gasteiger charge is 2.31. The molecule has 3 aromatic rings. The Morgan fingerprint density at radius 1 is 0.966 bits per heavy atom. The van der Waals surface area contributed by atoms with Crippen molar-refractivity contribution in [3.8, 4) is 28.1 Å². The van der Waals surface area contributed by atoms with E-state index >= 15 is 0 Å². The van der Waals surface area contributed by atoms with Gasteiger partial charge in [0.2, 0.25) is 5.88 Å². The fraction of sp³-hybridized carbons (Fsp3) is 0.292. The van der Waals surface area contributed by atoms with E-state index in [9.17, 15) is 4.79 Å². The van der Waals surface area contributed by atoms with Crippen molar-refractivity contribution < 1.29 is 14.3 Å². The maximum atomic E-state index is 12.5. The van der Waals surface area contributed by atoms with Gasteiger partial charge < -0.3 is 14.0 Å². The van der Waals surface area contributed by atoms with Crippen LogP contribution < -0.4 is 4.74 Å². The summed E-state index contributed by atoms with van der Waals surface area (Å²) in [5, 5.41) is 0.691. The molecule has 0 N–H and O–H groups in total. The molecule has 4 nitrogen and oxygen atoms in total. The van der Waals surface area contributed by atoms with Crippen molar-refractivity contribution in [2.24, 2.45) is 0 Å². The molecule has 150 valence electrons. The highest BCUT2D eigenvalue weighted by molar-refractivity contribution is 6.30. The number of hydrogen-bond acceptors (Lipinski definition) is 3. The van der Waals surface area contributed by atoms with Crippen LogP contribution in [0.1, 0.15) is 32.9 Å². The van der Waals surface area contributed by atoms with Crippen LogP contribution >= 0.6 is 11.6 Å². The van der Waals surface area contributed by atoms with E-state index in [1.165, 1.54) is 5.69 Å². The fourth-order valence-corrected chi connectivity index (χ4v) is 3.93. The van der Waals surface area contributed by atoms with E-state index in [4.69, 9.17) is 21.1 Å². The Morgan fingerprint density at radius 2 is 1.62 bits per heavy atom. The van der Waals surface area contributed by atoms with Crippen LogP contribution in [-0.4, -0.2) is 16.3 Å². The zero-order valence-electron chi connectivity index (χ0n) is 16.9. The summed E-state index contributed by atoms with van der Waals surface area (Å²) in [4.78, 5) is 12.5. The summed E-state index contributed by atoms with van der Waals surface area (Å²) in [6, 6.07) is 17.8. The smallest absolute Gasteiger partial charge is 0.428 e. The second-order valence-corrected chi connectivity index (χ2v) is 8.63. The maximum absolute atomic E-state index is 12.5. The zero-order valence-corrected chi connectivity index (χ0v) is 17.6. The first kappa shape index (κ1) is 19.6. The second kappa shape index (κ2) is 7.60. The van der Waals surface area contributed by atoms with Crippen LogP contribution in [0.25, 0.3) is 22.3 Å². The Kier molecular flexibility index (Phi) is 5.13. The molecule has 4 rings (SSSR count). The number of fused-ring (bicyclic) bond motifs is 1. The summed E-state index contributed by atoms with van der Waals surface area (Å²) in [5.41, 5.74) is 4.60. The van der Waals surface area contributed by atoms with Gasteiger partial charge in [0.15, 0.2) is 0 Å². The van der Waals surface area contributed by atoms with Crippen LogP contribution in [0.4, 0.5) is 4.79 Å². The summed E-state index contributed by atoms with van der Waals surface area (Å²) in [6.45, 7) is 6.29. The molecule has 0 spiro atoms. The topological polar surface area (TPSA) is 40.5 Å². The molecule has 5 heteroatoms. The van der Waals surface area contributed by atoms with Crippen molar-refractivity contribution in [3.63, 3.8) is 0 Å². The molecule has 0 radical (unpaired) electrons. The lowest BCUT2D eigenvalue weighted by Crippen LogP contribution is -2.26. The third kappa shape index (κ3) is 4.03. The lowest BCUT2D eigenvalue weighted by molar-refractivity contribution is 0.0191. The van der Waals surface area contributed by atoms with E-state index in [0.29, 0.717) is 10.9 Å². The molecule has 2 aromatic carbocycles. The first-order chi connectivity index (χ1) is 13.8. The second-order valence-electron chi connectivity index (χ2n) is 8.20. The molecule has 0 bridgehead atoms. The van der Waals surface area contributed by atoms with Gasteiger partial charge in [-0.3, -0.25) is 0 Å². The minimum atomic E-state index is -0.690. The minimum Gasteiger partial charge on any atom is -0.428 e. The summed E-state index contributed by atoms with van der Waals surface area (Å²) in [6.07, 6.45) is 1.25. The van der Waals surface area contributed by atoms with Gasteiger partial charge in [-0.25, -0.2) is 4.79 Å². The summed E-state index contributed by atoms with van der Waals surface area (Å²) in [5.74, 6) is 0.544. The summed E-state index contributed by atoms with van der Waals surface area (Å²) in [7, 11) is 0. The number of rotatable bonds is 3. The molecular formula is C24H24ClNO3. The first-order valence-electron chi connectivity index (χ1n) is 9.81. The molecule has 2 heterocycles. The molecule has 0 fully saturated rings. The number of aromatic nitrogens is 1. The SMILES string of the molecule is CC(C)(C)OC(=O)Oc1c(-c2ccccc2)c(-c2ccc(Cl)cc2)c2n1CCC2. The Bertz CT molecular complexity index is 1030. The average molecular weight is 410 g/mol. The highest BCUT2D eigenvalue weighted by atomic mass is 35.5. The largest absolute Gasteiger partial charge is 0.515 e. The van der Waals surface area contributed by atoms with E-state index in [2.05, 4.69) is 4.57 Å². The van der Waals surface area contributed by atoms with Gasteiger partial charge in [0.1, 0.15) is 5.60 Å². The number of carbonyl (C=O) groups excluding carboxylic acids is 1. The number of ether oxygens (including phenoxy) is 2. The Morgan fingerprint density at radius 3 is 2.28 bits per heavy atom. The number of carbonyl (C=O) groups is 1. The predicted octanol–water partition coefficient (Wildman–Crippen LogP) is 6.74. The average Bonchev–Trinajstić information content (AvgIpc) is 3.23. The Balaban J connectivity index is 1.90. The lowest BCUT2D eigenvalue weighted by atomic mass is 9.95. The lowest BCUT2D eigenvalue weighted by Gasteiger charge is -2.19. The predicted molar refractivity (Wildman–Crippen MR) is 115 cm³/mol. The molecule has 0 saturated carbocycles. The van der Waals surface area contributed by atoms with Crippen LogP contribution in [0, 0.1) is 0 Å². The van der Waals surface area contributed by atoms with Crippen LogP contribution in [0.5, 0.6) is 5.88 Å². The molecule has 0 unspecified atom stereocenters. The van der Waals surface area contributed by atoms with Gasteiger partial charge in [0, 0.05) is 22.8 Å². The van der Waals surface area contributed by atoms with Gasteiger partial charge in [0.25, 0.3) is 0 Å². The Labute approximate surface area is 176 Å². The van der Waals surface area contributed by atoms with Crippen molar-refractivity contribution in [1.29, 1.82) is 0 Å². The van der Waals surface area contributed by atoms with Gasteiger partial charge >= 0.3 is 6.16 Å². The monoisotopic (exact) mass is 409 g/mol. The van der Waals surface area contributed by atoms with E-state index in [0.717, 1.165) is 41.6 Å². The van der Waals surface area contributed by atoms with Gasteiger partial charge in [-0.05, 0) is 56.9 Å². The normalized spacial score (nSPS) is 13.2. The minimum absolute atomic E-state index is 0.544. The molecule has 1 aromatic heterocycles. The molecule has 0 atom stereocenters.